The van der Waals surface area contributed by atoms with Gasteiger partial charge in [-0.2, -0.15) is 0 Å². The maximum absolute atomic E-state index is 10.9. The molecular formula is C10H17NO3S. The van der Waals surface area contributed by atoms with Gasteiger partial charge in [0.1, 0.15) is 0 Å². The average Bonchev–Trinajstić information content (AvgIpc) is 2.18. The summed E-state index contributed by atoms with van der Waals surface area (Å²) in [6.45, 7) is 1.80. The molecule has 1 saturated carbocycles. The van der Waals surface area contributed by atoms with Gasteiger partial charge >= 0.3 is 5.97 Å². The van der Waals surface area contributed by atoms with Crippen LogP contribution in [0.15, 0.2) is 0 Å². The lowest BCUT2D eigenvalue weighted by Gasteiger charge is -2.26. The van der Waals surface area contributed by atoms with E-state index in [1.807, 2.05) is 0 Å². The van der Waals surface area contributed by atoms with Crippen LogP contribution >= 0.6 is 11.8 Å². The summed E-state index contributed by atoms with van der Waals surface area (Å²) in [6.07, 6.45) is 3.19. The number of rotatable bonds is 4. The van der Waals surface area contributed by atoms with E-state index in [-0.39, 0.29) is 17.1 Å². The predicted molar refractivity (Wildman–Crippen MR) is 59.6 cm³/mol. The summed E-state index contributed by atoms with van der Waals surface area (Å²) in [7, 11) is 0. The molecule has 0 aromatic rings. The van der Waals surface area contributed by atoms with Gasteiger partial charge in [0.15, 0.2) is 0 Å². The van der Waals surface area contributed by atoms with Crippen LogP contribution in [0.4, 0.5) is 0 Å². The Morgan fingerprint density at radius 1 is 1.33 bits per heavy atom. The molecule has 0 heterocycles. The van der Waals surface area contributed by atoms with Crippen LogP contribution in [0.3, 0.4) is 0 Å². The molecule has 15 heavy (non-hydrogen) atoms. The maximum atomic E-state index is 10.9. The van der Waals surface area contributed by atoms with Crippen LogP contribution in [0.25, 0.3) is 0 Å². The summed E-state index contributed by atoms with van der Waals surface area (Å²) in [5.41, 5.74) is 5.17. The first kappa shape index (κ1) is 12.4. The Morgan fingerprint density at radius 2 is 1.87 bits per heavy atom. The van der Waals surface area contributed by atoms with Gasteiger partial charge in [-0.25, -0.2) is 0 Å². The van der Waals surface area contributed by atoms with Crippen molar-refractivity contribution in [3.63, 3.8) is 0 Å². The minimum atomic E-state index is -0.693. The van der Waals surface area contributed by atoms with Gasteiger partial charge in [0, 0.05) is 5.25 Å². The molecule has 1 fully saturated rings. The van der Waals surface area contributed by atoms with Gasteiger partial charge in [0.2, 0.25) is 5.91 Å². The molecule has 1 atom stereocenters. The quantitative estimate of drug-likeness (QED) is 0.762. The number of hydrogen-bond donors (Lipinski definition) is 2. The number of carbonyl (C=O) groups is 2. The molecule has 0 aromatic carbocycles. The molecule has 1 aliphatic rings. The second-order valence-corrected chi connectivity index (χ2v) is 5.64. The standard InChI is InChI=1S/C10H17NO3S/c1-6(9(11)12)15-8-4-2-7(3-5-8)10(13)14/h6-8H,2-5H2,1H3,(H2,11,12)(H,13,14). The van der Waals surface area contributed by atoms with Gasteiger partial charge in [-0.3, -0.25) is 9.59 Å². The van der Waals surface area contributed by atoms with Crippen LogP contribution in [-0.2, 0) is 9.59 Å². The van der Waals surface area contributed by atoms with E-state index in [0.29, 0.717) is 5.25 Å². The van der Waals surface area contributed by atoms with Crippen molar-refractivity contribution in [3.05, 3.63) is 0 Å². The highest BCUT2D eigenvalue weighted by Gasteiger charge is 2.27. The van der Waals surface area contributed by atoms with Gasteiger partial charge in [-0.15, -0.1) is 11.8 Å². The second-order valence-electron chi connectivity index (χ2n) is 3.99. The van der Waals surface area contributed by atoms with Gasteiger partial charge in [-0.1, -0.05) is 0 Å². The van der Waals surface area contributed by atoms with E-state index in [9.17, 15) is 9.59 Å². The summed E-state index contributed by atoms with van der Waals surface area (Å²) in [6, 6.07) is 0. The number of nitrogens with two attached hydrogens (primary N) is 1. The Balaban J connectivity index is 2.31. The first-order valence-electron chi connectivity index (χ1n) is 5.18. The van der Waals surface area contributed by atoms with Crippen molar-refractivity contribution in [2.75, 3.05) is 0 Å². The number of thioether (sulfide) groups is 1. The molecule has 0 spiro atoms. The van der Waals surface area contributed by atoms with E-state index in [1.165, 1.54) is 0 Å². The van der Waals surface area contributed by atoms with Crippen molar-refractivity contribution < 1.29 is 14.7 Å². The highest BCUT2D eigenvalue weighted by Crippen LogP contribution is 2.33. The summed E-state index contributed by atoms with van der Waals surface area (Å²) in [5.74, 6) is -1.17. The highest BCUT2D eigenvalue weighted by molar-refractivity contribution is 8.01. The van der Waals surface area contributed by atoms with Crippen molar-refractivity contribution in [1.82, 2.24) is 0 Å². The molecule has 0 bridgehead atoms. The highest BCUT2D eigenvalue weighted by atomic mass is 32.2. The topological polar surface area (TPSA) is 80.4 Å². The molecule has 0 radical (unpaired) electrons. The third-order valence-corrected chi connectivity index (χ3v) is 4.32. The Bertz CT molecular complexity index is 249. The van der Waals surface area contributed by atoms with Crippen molar-refractivity contribution in [2.24, 2.45) is 11.7 Å². The third-order valence-electron chi connectivity index (χ3n) is 2.82. The van der Waals surface area contributed by atoms with E-state index >= 15 is 0 Å². The molecular weight excluding hydrogens is 214 g/mol. The van der Waals surface area contributed by atoms with E-state index < -0.39 is 5.97 Å². The first-order valence-corrected chi connectivity index (χ1v) is 6.12. The van der Waals surface area contributed by atoms with Crippen LogP contribution in [0.2, 0.25) is 0 Å². The van der Waals surface area contributed by atoms with Crippen LogP contribution < -0.4 is 5.73 Å². The number of hydrogen-bond acceptors (Lipinski definition) is 3. The van der Waals surface area contributed by atoms with Gasteiger partial charge in [0.25, 0.3) is 0 Å². The molecule has 0 aromatic heterocycles. The molecule has 0 saturated heterocycles. The van der Waals surface area contributed by atoms with E-state index in [4.69, 9.17) is 10.8 Å². The molecule has 3 N–H and O–H groups in total. The number of carboxylic acids is 1. The van der Waals surface area contributed by atoms with Crippen molar-refractivity contribution >= 4 is 23.6 Å². The third kappa shape index (κ3) is 3.74. The van der Waals surface area contributed by atoms with Crippen LogP contribution in [0.1, 0.15) is 32.6 Å². The zero-order valence-corrected chi connectivity index (χ0v) is 9.63. The molecule has 4 nitrogen and oxygen atoms in total. The number of amides is 1. The summed E-state index contributed by atoms with van der Waals surface area (Å²) >= 11 is 1.57. The molecule has 1 rings (SSSR count). The second kappa shape index (κ2) is 5.39. The van der Waals surface area contributed by atoms with Crippen molar-refractivity contribution in [1.29, 1.82) is 0 Å². The van der Waals surface area contributed by atoms with Crippen LogP contribution in [-0.4, -0.2) is 27.5 Å². The minimum absolute atomic E-state index is 0.170. The van der Waals surface area contributed by atoms with Crippen LogP contribution in [0, 0.1) is 5.92 Å². The molecule has 5 heteroatoms. The Labute approximate surface area is 93.6 Å². The SMILES string of the molecule is CC(SC1CCC(C(=O)O)CC1)C(N)=O. The molecule has 1 unspecified atom stereocenters. The summed E-state index contributed by atoms with van der Waals surface area (Å²) in [5, 5.41) is 9.04. The maximum Gasteiger partial charge on any atom is 0.306 e. The minimum Gasteiger partial charge on any atom is -0.481 e. The lowest BCUT2D eigenvalue weighted by molar-refractivity contribution is -0.142. The molecule has 0 aliphatic heterocycles. The number of aliphatic carboxylic acids is 1. The average molecular weight is 231 g/mol. The molecule has 86 valence electrons. The summed E-state index contributed by atoms with van der Waals surface area (Å²) in [4.78, 5) is 21.6. The zero-order valence-electron chi connectivity index (χ0n) is 8.81. The normalized spacial score (nSPS) is 28.3. The Hall–Kier alpha value is -0.710. The predicted octanol–water partition coefficient (Wildman–Crippen LogP) is 1.24. The van der Waals surface area contributed by atoms with Gasteiger partial charge in [0.05, 0.1) is 11.2 Å². The first-order chi connectivity index (χ1) is 7.00. The number of carboxylic acid groups (broad SMARTS) is 1. The van der Waals surface area contributed by atoms with Crippen LogP contribution in [0.5, 0.6) is 0 Å². The number of primary amides is 1. The molecule has 1 amide bonds. The molecule has 1 aliphatic carbocycles. The van der Waals surface area contributed by atoms with Crippen molar-refractivity contribution in [3.8, 4) is 0 Å². The fourth-order valence-electron chi connectivity index (χ4n) is 1.80. The lowest BCUT2D eigenvalue weighted by Crippen LogP contribution is -2.28. The van der Waals surface area contributed by atoms with E-state index in [1.54, 1.807) is 18.7 Å². The fourth-order valence-corrected chi connectivity index (χ4v) is 3.06. The smallest absolute Gasteiger partial charge is 0.306 e. The monoisotopic (exact) mass is 231 g/mol. The Kier molecular flexibility index (Phi) is 4.45. The fraction of sp³-hybridized carbons (Fsp3) is 0.800. The summed E-state index contributed by atoms with van der Waals surface area (Å²) < 4.78 is 0. The largest absolute Gasteiger partial charge is 0.481 e. The van der Waals surface area contributed by atoms with Gasteiger partial charge in [-0.05, 0) is 32.6 Å². The number of carbonyl (C=O) groups excluding carboxylic acids is 1. The van der Waals surface area contributed by atoms with E-state index in [0.717, 1.165) is 25.7 Å². The van der Waals surface area contributed by atoms with Gasteiger partial charge < -0.3 is 10.8 Å². The zero-order chi connectivity index (χ0) is 11.4. The lowest BCUT2D eigenvalue weighted by atomic mass is 9.89. The van der Waals surface area contributed by atoms with Crippen molar-refractivity contribution in [2.45, 2.75) is 43.1 Å². The van der Waals surface area contributed by atoms with E-state index in [2.05, 4.69) is 0 Å². The Morgan fingerprint density at radius 3 is 2.27 bits per heavy atom.